The Hall–Kier alpha value is -1.13. The molecule has 0 saturated carbocycles. The van der Waals surface area contributed by atoms with Crippen molar-refractivity contribution in [2.24, 2.45) is 0 Å². The fraction of sp³-hybridized carbons (Fsp3) is 0.886. The lowest BCUT2D eigenvalue weighted by Crippen LogP contribution is -2.27. The molecule has 1 unspecified atom stereocenters. The quantitative estimate of drug-likeness (QED) is 0.0399. The lowest BCUT2D eigenvalue weighted by atomic mass is 10.1. The van der Waals surface area contributed by atoms with Gasteiger partial charge in [-0.1, -0.05) is 179 Å². The molecule has 0 aliphatic rings. The number of aliphatic hydroxyl groups is 1. The van der Waals surface area contributed by atoms with E-state index in [0.29, 0.717) is 19.6 Å². The van der Waals surface area contributed by atoms with Crippen molar-refractivity contribution < 1.29 is 19.4 Å². The van der Waals surface area contributed by atoms with E-state index in [-0.39, 0.29) is 12.6 Å². The molecule has 4 heteroatoms. The minimum absolute atomic E-state index is 0.172. The Morgan fingerprint density at radius 1 is 0.479 bits per heavy atom. The van der Waals surface area contributed by atoms with Gasteiger partial charge in [-0.15, -0.1) is 0 Å². The number of carbonyl (C=O) groups excluding carboxylic acids is 1. The van der Waals surface area contributed by atoms with Crippen LogP contribution in [0.25, 0.3) is 0 Å². The fourth-order valence-corrected chi connectivity index (χ4v) is 6.26. The maximum Gasteiger partial charge on any atom is 0.306 e. The highest BCUT2D eigenvalue weighted by Crippen LogP contribution is 2.14. The summed E-state index contributed by atoms with van der Waals surface area (Å²) in [5, 5.41) is 9.59. The third kappa shape index (κ3) is 39.3. The number of unbranched alkanes of at least 4 members (excludes halogenated alkanes) is 28. The van der Waals surface area contributed by atoms with Gasteiger partial charge in [0.25, 0.3) is 0 Å². The summed E-state index contributed by atoms with van der Waals surface area (Å²) in [7, 11) is 0. The third-order valence-electron chi connectivity index (χ3n) is 9.50. The van der Waals surface area contributed by atoms with Crippen molar-refractivity contribution in [2.45, 2.75) is 232 Å². The summed E-state index contributed by atoms with van der Waals surface area (Å²) in [4.78, 5) is 12.2. The topological polar surface area (TPSA) is 55.8 Å². The second-order valence-electron chi connectivity index (χ2n) is 14.4. The van der Waals surface area contributed by atoms with Crippen LogP contribution in [-0.4, -0.2) is 37.0 Å². The van der Waals surface area contributed by atoms with E-state index < -0.39 is 6.10 Å². The smallest absolute Gasteiger partial charge is 0.306 e. The molecule has 1 N–H and O–H groups in total. The molecule has 48 heavy (non-hydrogen) atoms. The molecule has 1 atom stereocenters. The van der Waals surface area contributed by atoms with Crippen LogP contribution in [0, 0.1) is 0 Å². The maximum absolute atomic E-state index is 12.2. The van der Waals surface area contributed by atoms with Crippen molar-refractivity contribution in [3.8, 4) is 0 Å². The molecule has 0 aromatic rings. The van der Waals surface area contributed by atoms with Gasteiger partial charge in [0.15, 0.2) is 0 Å². The summed E-state index contributed by atoms with van der Waals surface area (Å²) < 4.78 is 11.2. The van der Waals surface area contributed by atoms with Crippen molar-refractivity contribution in [1.29, 1.82) is 0 Å². The predicted molar refractivity (Wildman–Crippen MR) is 210 cm³/mol. The van der Waals surface area contributed by atoms with Crippen LogP contribution >= 0.6 is 0 Å². The van der Waals surface area contributed by atoms with E-state index in [1.165, 1.54) is 186 Å². The standard InChI is InChI=1S/C44H84O4/c1-3-5-7-9-11-13-15-17-19-21-22-23-24-26-28-30-32-34-36-38-40-47-42-43(41-45)48-44(46)39-37-35-33-31-29-27-25-20-18-16-14-12-10-8-6-4-2/h17,19-20,25,43,45H,3-16,18,21-24,26-42H2,1-2H3/b19-17-,25-20-. The minimum Gasteiger partial charge on any atom is -0.457 e. The van der Waals surface area contributed by atoms with Gasteiger partial charge in [-0.25, -0.2) is 0 Å². The van der Waals surface area contributed by atoms with E-state index >= 15 is 0 Å². The largest absolute Gasteiger partial charge is 0.457 e. The number of esters is 1. The summed E-state index contributed by atoms with van der Waals surface area (Å²) in [5.41, 5.74) is 0. The van der Waals surface area contributed by atoms with Gasteiger partial charge in [0.05, 0.1) is 13.2 Å². The summed E-state index contributed by atoms with van der Waals surface area (Å²) in [6, 6.07) is 0. The molecule has 284 valence electrons. The third-order valence-corrected chi connectivity index (χ3v) is 9.50. The second-order valence-corrected chi connectivity index (χ2v) is 14.4. The minimum atomic E-state index is -0.536. The molecule has 0 spiro atoms. The number of hydrogen-bond donors (Lipinski definition) is 1. The first-order valence-electron chi connectivity index (χ1n) is 21.4. The van der Waals surface area contributed by atoms with E-state index in [1.807, 2.05) is 0 Å². The molecule has 0 fully saturated rings. The first-order valence-corrected chi connectivity index (χ1v) is 21.4. The van der Waals surface area contributed by atoms with Gasteiger partial charge in [-0.3, -0.25) is 4.79 Å². The molecule has 0 aromatic heterocycles. The van der Waals surface area contributed by atoms with Crippen molar-refractivity contribution in [2.75, 3.05) is 19.8 Å². The number of rotatable bonds is 40. The molecule has 0 radical (unpaired) electrons. The van der Waals surface area contributed by atoms with Gasteiger partial charge < -0.3 is 14.6 Å². The Morgan fingerprint density at radius 3 is 1.19 bits per heavy atom. The molecule has 0 aliphatic heterocycles. The Balaban J connectivity index is 3.41. The first kappa shape index (κ1) is 46.9. The molecule has 0 amide bonds. The molecule has 0 aromatic carbocycles. The summed E-state index contributed by atoms with van der Waals surface area (Å²) in [5.74, 6) is -0.207. The zero-order valence-electron chi connectivity index (χ0n) is 32.5. The van der Waals surface area contributed by atoms with E-state index in [4.69, 9.17) is 9.47 Å². The highest BCUT2D eigenvalue weighted by molar-refractivity contribution is 5.69. The van der Waals surface area contributed by atoms with Gasteiger partial charge in [-0.05, 0) is 64.2 Å². The number of allylic oxidation sites excluding steroid dienone is 4. The van der Waals surface area contributed by atoms with Crippen LogP contribution < -0.4 is 0 Å². The molecule has 0 bridgehead atoms. The van der Waals surface area contributed by atoms with E-state index in [0.717, 1.165) is 19.3 Å². The van der Waals surface area contributed by atoms with Gasteiger partial charge in [0.2, 0.25) is 0 Å². The monoisotopic (exact) mass is 677 g/mol. The van der Waals surface area contributed by atoms with Gasteiger partial charge in [0, 0.05) is 13.0 Å². The van der Waals surface area contributed by atoms with Crippen LogP contribution in [-0.2, 0) is 14.3 Å². The number of hydrogen-bond acceptors (Lipinski definition) is 4. The van der Waals surface area contributed by atoms with Crippen molar-refractivity contribution in [3.05, 3.63) is 24.3 Å². The van der Waals surface area contributed by atoms with Crippen LogP contribution in [0.1, 0.15) is 226 Å². The van der Waals surface area contributed by atoms with Crippen LogP contribution in [0.5, 0.6) is 0 Å². The average Bonchev–Trinajstić information content (AvgIpc) is 3.09. The van der Waals surface area contributed by atoms with E-state index in [1.54, 1.807) is 0 Å². The normalized spacial score (nSPS) is 12.5. The number of ether oxygens (including phenoxy) is 2. The van der Waals surface area contributed by atoms with Crippen LogP contribution in [0.15, 0.2) is 24.3 Å². The highest BCUT2D eigenvalue weighted by Gasteiger charge is 2.13. The molecular formula is C44H84O4. The Labute approximate surface area is 300 Å². The summed E-state index contributed by atoms with van der Waals surface area (Å²) in [6.07, 6.45) is 50.9. The predicted octanol–water partition coefficient (Wildman–Crippen LogP) is 13.9. The van der Waals surface area contributed by atoms with Crippen molar-refractivity contribution in [3.63, 3.8) is 0 Å². The molecule has 0 rings (SSSR count). The van der Waals surface area contributed by atoms with Crippen LogP contribution in [0.2, 0.25) is 0 Å². The second kappa shape index (κ2) is 42.0. The van der Waals surface area contributed by atoms with Gasteiger partial charge in [-0.2, -0.15) is 0 Å². The Kier molecular flexibility index (Phi) is 41.0. The van der Waals surface area contributed by atoms with Crippen molar-refractivity contribution in [1.82, 2.24) is 0 Å². The van der Waals surface area contributed by atoms with E-state index in [9.17, 15) is 9.90 Å². The SMILES string of the molecule is CCCCCCCC/C=C\CCCCCCCCCCCCOCC(CO)OC(=O)CCCCCCC/C=C\CCCCCCCCC. The zero-order chi connectivity index (χ0) is 34.9. The Morgan fingerprint density at radius 2 is 0.812 bits per heavy atom. The van der Waals surface area contributed by atoms with E-state index in [2.05, 4.69) is 38.2 Å². The maximum atomic E-state index is 12.2. The lowest BCUT2D eigenvalue weighted by molar-refractivity contribution is -0.154. The Bertz CT molecular complexity index is 673. The molecule has 0 saturated heterocycles. The number of carbonyl (C=O) groups is 1. The molecule has 0 heterocycles. The van der Waals surface area contributed by atoms with Crippen LogP contribution in [0.3, 0.4) is 0 Å². The highest BCUT2D eigenvalue weighted by atomic mass is 16.6. The first-order chi connectivity index (χ1) is 23.7. The average molecular weight is 677 g/mol. The van der Waals surface area contributed by atoms with Crippen molar-refractivity contribution >= 4 is 5.97 Å². The fourth-order valence-electron chi connectivity index (χ4n) is 6.26. The number of aliphatic hydroxyl groups excluding tert-OH is 1. The molecule has 0 aliphatic carbocycles. The lowest BCUT2D eigenvalue weighted by Gasteiger charge is -2.15. The summed E-state index contributed by atoms with van der Waals surface area (Å²) >= 11 is 0. The van der Waals surface area contributed by atoms with Crippen LogP contribution in [0.4, 0.5) is 0 Å². The summed E-state index contributed by atoms with van der Waals surface area (Å²) in [6.45, 7) is 5.35. The van der Waals surface area contributed by atoms with Gasteiger partial charge in [0.1, 0.15) is 6.10 Å². The molecule has 4 nitrogen and oxygen atoms in total. The zero-order valence-corrected chi connectivity index (χ0v) is 32.5. The van der Waals surface area contributed by atoms with Gasteiger partial charge >= 0.3 is 5.97 Å². The molecular weight excluding hydrogens is 592 g/mol.